The monoisotopic (exact) mass is 276 g/mol. The van der Waals surface area contributed by atoms with Gasteiger partial charge in [-0.2, -0.15) is 0 Å². The van der Waals surface area contributed by atoms with E-state index in [4.69, 9.17) is 17.4 Å². The van der Waals surface area contributed by atoms with Crippen molar-refractivity contribution in [3.63, 3.8) is 0 Å². The lowest BCUT2D eigenvalue weighted by atomic mass is 10.1. The Morgan fingerprint density at radius 3 is 2.79 bits per heavy atom. The van der Waals surface area contributed by atoms with Gasteiger partial charge >= 0.3 is 0 Å². The molecule has 0 unspecified atom stereocenters. The summed E-state index contributed by atoms with van der Waals surface area (Å²) < 4.78 is 0. The molecule has 19 heavy (non-hydrogen) atoms. The molecule has 1 aromatic carbocycles. The van der Waals surface area contributed by atoms with E-state index >= 15 is 0 Å². The highest BCUT2D eigenvalue weighted by Crippen LogP contribution is 2.21. The van der Waals surface area contributed by atoms with Gasteiger partial charge in [0, 0.05) is 11.2 Å². The van der Waals surface area contributed by atoms with Crippen LogP contribution in [0.4, 0.5) is 11.4 Å². The quantitative estimate of drug-likeness (QED) is 0.595. The van der Waals surface area contributed by atoms with Gasteiger partial charge in [0.05, 0.1) is 22.6 Å². The van der Waals surface area contributed by atoms with Crippen LogP contribution in [0.5, 0.6) is 0 Å². The van der Waals surface area contributed by atoms with E-state index in [0.717, 1.165) is 5.69 Å². The van der Waals surface area contributed by atoms with Crippen molar-refractivity contribution in [3.8, 4) is 0 Å². The third kappa shape index (κ3) is 3.01. The summed E-state index contributed by atoms with van der Waals surface area (Å²) in [4.78, 5) is 16.3. The van der Waals surface area contributed by atoms with Gasteiger partial charge in [0.1, 0.15) is 0 Å². The number of benzene rings is 1. The zero-order valence-corrected chi connectivity index (χ0v) is 11.0. The molecule has 1 amide bonds. The molecule has 4 N–H and O–H groups in total. The first-order chi connectivity index (χ1) is 9.11. The van der Waals surface area contributed by atoms with E-state index < -0.39 is 0 Å². The number of aryl methyl sites for hydroxylation is 1. The van der Waals surface area contributed by atoms with Crippen LogP contribution in [0.1, 0.15) is 16.1 Å². The van der Waals surface area contributed by atoms with Gasteiger partial charge in [0.2, 0.25) is 0 Å². The Hall–Kier alpha value is -2.11. The van der Waals surface area contributed by atoms with Gasteiger partial charge in [-0.1, -0.05) is 11.6 Å². The molecular weight excluding hydrogens is 264 g/mol. The van der Waals surface area contributed by atoms with Crippen LogP contribution in [0.3, 0.4) is 0 Å². The highest BCUT2D eigenvalue weighted by molar-refractivity contribution is 6.31. The van der Waals surface area contributed by atoms with Crippen LogP contribution in [0.15, 0.2) is 36.5 Å². The smallest absolute Gasteiger partial charge is 0.257 e. The van der Waals surface area contributed by atoms with Gasteiger partial charge in [0.25, 0.3) is 5.91 Å². The molecule has 0 saturated heterocycles. The molecule has 2 aromatic rings. The molecule has 98 valence electrons. The Morgan fingerprint density at radius 1 is 1.32 bits per heavy atom. The minimum Gasteiger partial charge on any atom is -0.323 e. The van der Waals surface area contributed by atoms with Crippen LogP contribution in [0, 0.1) is 6.92 Å². The first-order valence-electron chi connectivity index (χ1n) is 5.61. The minimum absolute atomic E-state index is 0.299. The second-order valence-corrected chi connectivity index (χ2v) is 4.36. The minimum atomic E-state index is -0.299. The van der Waals surface area contributed by atoms with Crippen LogP contribution in [0.25, 0.3) is 0 Å². The zero-order valence-electron chi connectivity index (χ0n) is 10.3. The van der Waals surface area contributed by atoms with E-state index in [1.165, 1.54) is 0 Å². The lowest BCUT2D eigenvalue weighted by molar-refractivity contribution is 0.102. The molecule has 0 spiro atoms. The fourth-order valence-electron chi connectivity index (χ4n) is 1.64. The number of halogens is 1. The van der Waals surface area contributed by atoms with Gasteiger partial charge < -0.3 is 10.7 Å². The molecule has 0 aliphatic carbocycles. The van der Waals surface area contributed by atoms with E-state index in [1.54, 1.807) is 36.5 Å². The number of carbonyl (C=O) groups is 1. The summed E-state index contributed by atoms with van der Waals surface area (Å²) >= 11 is 5.89. The molecular formula is C13H13ClN4O. The SMILES string of the molecule is Cc1ncccc1NC(=O)c1cc(Cl)ccc1NN. The Bertz CT molecular complexity index is 615. The zero-order chi connectivity index (χ0) is 13.8. The lowest BCUT2D eigenvalue weighted by Gasteiger charge is -2.11. The topological polar surface area (TPSA) is 80.0 Å². The van der Waals surface area contributed by atoms with E-state index in [2.05, 4.69) is 15.7 Å². The predicted octanol–water partition coefficient (Wildman–Crippen LogP) is 2.58. The average molecular weight is 277 g/mol. The van der Waals surface area contributed by atoms with Gasteiger partial charge in [-0.15, -0.1) is 0 Å². The molecule has 0 aliphatic heterocycles. The summed E-state index contributed by atoms with van der Waals surface area (Å²) in [6.45, 7) is 1.82. The summed E-state index contributed by atoms with van der Waals surface area (Å²) in [5.74, 6) is 5.08. The number of pyridine rings is 1. The Kier molecular flexibility index (Phi) is 3.99. The largest absolute Gasteiger partial charge is 0.323 e. The van der Waals surface area contributed by atoms with Crippen molar-refractivity contribution in [3.05, 3.63) is 52.8 Å². The van der Waals surface area contributed by atoms with Gasteiger partial charge in [-0.3, -0.25) is 15.6 Å². The number of hydrogen-bond donors (Lipinski definition) is 3. The number of nitrogen functional groups attached to an aromatic ring is 1. The van der Waals surface area contributed by atoms with Crippen LogP contribution >= 0.6 is 11.6 Å². The number of amides is 1. The van der Waals surface area contributed by atoms with E-state index in [0.29, 0.717) is 22.0 Å². The maximum atomic E-state index is 12.2. The van der Waals surface area contributed by atoms with Crippen LogP contribution in [0.2, 0.25) is 5.02 Å². The number of nitrogens with two attached hydrogens (primary N) is 1. The van der Waals surface area contributed by atoms with Crippen molar-refractivity contribution in [2.75, 3.05) is 10.7 Å². The van der Waals surface area contributed by atoms with Crippen LogP contribution in [-0.4, -0.2) is 10.9 Å². The number of aromatic nitrogens is 1. The molecule has 0 atom stereocenters. The average Bonchev–Trinajstić information content (AvgIpc) is 2.41. The maximum absolute atomic E-state index is 12.2. The van der Waals surface area contributed by atoms with Crippen molar-refractivity contribution in [2.24, 2.45) is 5.84 Å². The fraction of sp³-hybridized carbons (Fsp3) is 0.0769. The third-order valence-corrected chi connectivity index (χ3v) is 2.87. The number of nitrogens with one attached hydrogen (secondary N) is 2. The molecule has 0 fully saturated rings. The Labute approximate surface area is 115 Å². The van der Waals surface area contributed by atoms with Crippen LogP contribution in [-0.2, 0) is 0 Å². The van der Waals surface area contributed by atoms with Crippen molar-refractivity contribution in [2.45, 2.75) is 6.92 Å². The molecule has 0 bridgehead atoms. The molecule has 1 heterocycles. The maximum Gasteiger partial charge on any atom is 0.257 e. The molecule has 0 aliphatic rings. The second-order valence-electron chi connectivity index (χ2n) is 3.92. The summed E-state index contributed by atoms with van der Waals surface area (Å²) in [6.07, 6.45) is 1.66. The summed E-state index contributed by atoms with van der Waals surface area (Å²) in [7, 11) is 0. The van der Waals surface area contributed by atoms with E-state index in [1.807, 2.05) is 6.92 Å². The van der Waals surface area contributed by atoms with Crippen LogP contribution < -0.4 is 16.6 Å². The first kappa shape index (κ1) is 13.3. The number of nitrogens with zero attached hydrogens (tertiary/aromatic N) is 1. The standard InChI is InChI=1S/C13H13ClN4O/c1-8-11(3-2-6-16-8)17-13(19)10-7-9(14)4-5-12(10)18-15/h2-7,18H,15H2,1H3,(H,17,19). The molecule has 6 heteroatoms. The first-order valence-corrected chi connectivity index (χ1v) is 5.98. The fourth-order valence-corrected chi connectivity index (χ4v) is 1.81. The van der Waals surface area contributed by atoms with E-state index in [9.17, 15) is 4.79 Å². The lowest BCUT2D eigenvalue weighted by Crippen LogP contribution is -2.17. The molecule has 0 saturated carbocycles. The van der Waals surface area contributed by atoms with Crippen molar-refractivity contribution in [1.82, 2.24) is 4.98 Å². The second kappa shape index (κ2) is 5.69. The van der Waals surface area contributed by atoms with E-state index in [-0.39, 0.29) is 5.91 Å². The predicted molar refractivity (Wildman–Crippen MR) is 76.2 cm³/mol. The van der Waals surface area contributed by atoms with Crippen molar-refractivity contribution < 1.29 is 4.79 Å². The number of carbonyl (C=O) groups excluding carboxylic acids is 1. The summed E-state index contributed by atoms with van der Waals surface area (Å²) in [6, 6.07) is 8.39. The molecule has 2 rings (SSSR count). The Morgan fingerprint density at radius 2 is 2.11 bits per heavy atom. The van der Waals surface area contributed by atoms with Gasteiger partial charge in [-0.05, 0) is 37.3 Å². The molecule has 0 radical (unpaired) electrons. The Balaban J connectivity index is 2.30. The third-order valence-electron chi connectivity index (χ3n) is 2.64. The highest BCUT2D eigenvalue weighted by atomic mass is 35.5. The van der Waals surface area contributed by atoms with Gasteiger partial charge in [-0.25, -0.2) is 0 Å². The number of hydrazine groups is 1. The molecule has 5 nitrogen and oxygen atoms in total. The van der Waals surface area contributed by atoms with Crippen molar-refractivity contribution >= 4 is 28.9 Å². The summed E-state index contributed by atoms with van der Waals surface area (Å²) in [5, 5.41) is 3.24. The number of rotatable bonds is 3. The molecule has 1 aromatic heterocycles. The summed E-state index contributed by atoms with van der Waals surface area (Å²) in [5.41, 5.74) is 4.73. The van der Waals surface area contributed by atoms with Crippen molar-refractivity contribution in [1.29, 1.82) is 0 Å². The van der Waals surface area contributed by atoms with Gasteiger partial charge in [0.15, 0.2) is 0 Å². The normalized spacial score (nSPS) is 10.1. The number of hydrogen-bond acceptors (Lipinski definition) is 4. The number of anilines is 2. The highest BCUT2D eigenvalue weighted by Gasteiger charge is 2.13.